The van der Waals surface area contributed by atoms with Gasteiger partial charge in [-0.25, -0.2) is 18.0 Å². The highest BCUT2D eigenvalue weighted by Gasteiger charge is 2.20. The SMILES string of the molecule is O=C1NCCN1c1ccc(NCc2cc(F)c(F)cc2F)cc1. The fourth-order valence-electron chi connectivity index (χ4n) is 2.37. The maximum Gasteiger partial charge on any atom is 0.321 e. The van der Waals surface area contributed by atoms with Crippen LogP contribution in [0.3, 0.4) is 0 Å². The van der Waals surface area contributed by atoms with E-state index in [2.05, 4.69) is 10.6 Å². The lowest BCUT2D eigenvalue weighted by Gasteiger charge is -2.15. The number of halogens is 3. The van der Waals surface area contributed by atoms with Crippen LogP contribution in [0.2, 0.25) is 0 Å². The van der Waals surface area contributed by atoms with Gasteiger partial charge in [0, 0.05) is 42.6 Å². The Balaban J connectivity index is 1.67. The summed E-state index contributed by atoms with van der Waals surface area (Å²) >= 11 is 0. The first-order valence-electron chi connectivity index (χ1n) is 7.07. The van der Waals surface area contributed by atoms with E-state index in [1.165, 1.54) is 0 Å². The van der Waals surface area contributed by atoms with Gasteiger partial charge in [0.2, 0.25) is 0 Å². The molecule has 1 aliphatic rings. The molecule has 3 rings (SSSR count). The second kappa shape index (κ2) is 6.20. The Morgan fingerprint density at radius 2 is 1.74 bits per heavy atom. The molecule has 2 aromatic carbocycles. The van der Waals surface area contributed by atoms with Crippen LogP contribution in [0.1, 0.15) is 5.56 Å². The number of amides is 2. The van der Waals surface area contributed by atoms with Gasteiger partial charge in [0.25, 0.3) is 0 Å². The summed E-state index contributed by atoms with van der Waals surface area (Å²) in [7, 11) is 0. The number of hydrogen-bond acceptors (Lipinski definition) is 2. The van der Waals surface area contributed by atoms with Crippen LogP contribution in [0.5, 0.6) is 0 Å². The van der Waals surface area contributed by atoms with Gasteiger partial charge in [-0.2, -0.15) is 0 Å². The van der Waals surface area contributed by atoms with Crippen molar-refractivity contribution in [2.45, 2.75) is 6.54 Å². The highest BCUT2D eigenvalue weighted by Crippen LogP contribution is 2.21. The van der Waals surface area contributed by atoms with Crippen molar-refractivity contribution in [3.05, 3.63) is 59.4 Å². The van der Waals surface area contributed by atoms with Crippen LogP contribution in [0.4, 0.5) is 29.3 Å². The Labute approximate surface area is 130 Å². The van der Waals surface area contributed by atoms with Crippen molar-refractivity contribution in [2.24, 2.45) is 0 Å². The van der Waals surface area contributed by atoms with Gasteiger partial charge in [-0.05, 0) is 30.3 Å². The van der Waals surface area contributed by atoms with E-state index in [9.17, 15) is 18.0 Å². The van der Waals surface area contributed by atoms with E-state index in [-0.39, 0.29) is 18.1 Å². The van der Waals surface area contributed by atoms with E-state index in [1.54, 1.807) is 29.2 Å². The standard InChI is InChI=1S/C16H14F3N3O/c17-13-8-15(19)14(18)7-10(13)9-21-11-1-3-12(4-2-11)22-6-5-20-16(22)23/h1-4,7-8,21H,5-6,9H2,(H,20,23). The summed E-state index contributed by atoms with van der Waals surface area (Å²) < 4.78 is 39.6. The van der Waals surface area contributed by atoms with Gasteiger partial charge in [0.1, 0.15) is 5.82 Å². The Morgan fingerprint density at radius 3 is 2.39 bits per heavy atom. The highest BCUT2D eigenvalue weighted by molar-refractivity contribution is 5.94. The molecule has 4 nitrogen and oxygen atoms in total. The summed E-state index contributed by atoms with van der Waals surface area (Å²) in [5, 5.41) is 5.64. The monoisotopic (exact) mass is 321 g/mol. The lowest BCUT2D eigenvalue weighted by atomic mass is 10.2. The second-order valence-electron chi connectivity index (χ2n) is 5.14. The van der Waals surface area contributed by atoms with Gasteiger partial charge in [0.15, 0.2) is 11.6 Å². The van der Waals surface area contributed by atoms with Gasteiger partial charge < -0.3 is 10.6 Å². The minimum atomic E-state index is -1.21. The normalized spacial score (nSPS) is 14.0. The molecule has 1 fully saturated rings. The average molecular weight is 321 g/mol. The minimum absolute atomic E-state index is 0.0204. The predicted molar refractivity (Wildman–Crippen MR) is 80.8 cm³/mol. The number of urea groups is 1. The van der Waals surface area contributed by atoms with Crippen LogP contribution in [0.15, 0.2) is 36.4 Å². The summed E-state index contributed by atoms with van der Waals surface area (Å²) in [5.41, 5.74) is 1.47. The van der Waals surface area contributed by atoms with E-state index in [1.807, 2.05) is 0 Å². The van der Waals surface area contributed by atoms with Gasteiger partial charge >= 0.3 is 6.03 Å². The number of nitrogens with one attached hydrogen (secondary N) is 2. The van der Waals surface area contributed by atoms with Crippen molar-refractivity contribution in [3.8, 4) is 0 Å². The molecule has 0 spiro atoms. The molecule has 2 amide bonds. The van der Waals surface area contributed by atoms with Crippen molar-refractivity contribution in [2.75, 3.05) is 23.3 Å². The molecular formula is C16H14F3N3O. The quantitative estimate of drug-likeness (QED) is 0.849. The third-order valence-electron chi connectivity index (χ3n) is 3.61. The molecule has 23 heavy (non-hydrogen) atoms. The van der Waals surface area contributed by atoms with E-state index in [0.29, 0.717) is 24.8 Å². The average Bonchev–Trinajstić information content (AvgIpc) is 2.96. The maximum absolute atomic E-state index is 13.5. The fourth-order valence-corrected chi connectivity index (χ4v) is 2.37. The minimum Gasteiger partial charge on any atom is -0.381 e. The first-order valence-corrected chi connectivity index (χ1v) is 7.07. The fraction of sp³-hybridized carbons (Fsp3) is 0.188. The summed E-state index contributed by atoms with van der Waals surface area (Å²) in [4.78, 5) is 13.2. The molecule has 2 N–H and O–H groups in total. The number of carbonyl (C=O) groups excluding carboxylic acids is 1. The molecule has 1 saturated heterocycles. The number of anilines is 2. The zero-order valence-electron chi connectivity index (χ0n) is 12.1. The van der Waals surface area contributed by atoms with Gasteiger partial charge in [-0.1, -0.05) is 0 Å². The predicted octanol–water partition coefficient (Wildman–Crippen LogP) is 3.25. The molecule has 0 atom stereocenters. The number of benzene rings is 2. The number of rotatable bonds is 4. The first-order chi connectivity index (χ1) is 11.0. The van der Waals surface area contributed by atoms with Crippen molar-refractivity contribution in [3.63, 3.8) is 0 Å². The summed E-state index contributed by atoms with van der Waals surface area (Å²) in [6, 6.07) is 8.21. The molecule has 0 unspecified atom stereocenters. The molecule has 1 heterocycles. The molecule has 120 valence electrons. The number of carbonyl (C=O) groups is 1. The summed E-state index contributed by atoms with van der Waals surface area (Å²) in [6.07, 6.45) is 0. The lowest BCUT2D eigenvalue weighted by Crippen LogP contribution is -2.27. The zero-order chi connectivity index (χ0) is 16.4. The largest absolute Gasteiger partial charge is 0.381 e. The Morgan fingerprint density at radius 1 is 1.04 bits per heavy atom. The van der Waals surface area contributed by atoms with Crippen molar-refractivity contribution >= 4 is 17.4 Å². The van der Waals surface area contributed by atoms with Crippen LogP contribution >= 0.6 is 0 Å². The third-order valence-corrected chi connectivity index (χ3v) is 3.61. The van der Waals surface area contributed by atoms with Crippen LogP contribution in [-0.4, -0.2) is 19.1 Å². The zero-order valence-corrected chi connectivity index (χ0v) is 12.1. The van der Waals surface area contributed by atoms with E-state index in [4.69, 9.17) is 0 Å². The maximum atomic E-state index is 13.5. The summed E-state index contributed by atoms with van der Waals surface area (Å²) in [5.74, 6) is -3.10. The van der Waals surface area contributed by atoms with Gasteiger partial charge in [-0.3, -0.25) is 4.90 Å². The number of nitrogens with zero attached hydrogens (tertiary/aromatic N) is 1. The highest BCUT2D eigenvalue weighted by atomic mass is 19.2. The van der Waals surface area contributed by atoms with Gasteiger partial charge in [-0.15, -0.1) is 0 Å². The van der Waals surface area contributed by atoms with Crippen LogP contribution in [0.25, 0.3) is 0 Å². The summed E-state index contributed by atoms with van der Waals surface area (Å²) in [6.45, 7) is 1.23. The molecule has 0 aliphatic carbocycles. The smallest absolute Gasteiger partial charge is 0.321 e. The Bertz CT molecular complexity index is 734. The van der Waals surface area contributed by atoms with Crippen LogP contribution in [0, 0.1) is 17.5 Å². The van der Waals surface area contributed by atoms with E-state index >= 15 is 0 Å². The molecule has 0 aromatic heterocycles. The molecule has 0 saturated carbocycles. The number of hydrogen-bond donors (Lipinski definition) is 2. The molecule has 0 bridgehead atoms. The van der Waals surface area contributed by atoms with Crippen LogP contribution < -0.4 is 15.5 Å². The topological polar surface area (TPSA) is 44.4 Å². The van der Waals surface area contributed by atoms with E-state index < -0.39 is 17.5 Å². The molecule has 2 aromatic rings. The molecule has 0 radical (unpaired) electrons. The van der Waals surface area contributed by atoms with Crippen molar-refractivity contribution in [1.82, 2.24) is 5.32 Å². The Hall–Kier alpha value is -2.70. The molecular weight excluding hydrogens is 307 g/mol. The van der Waals surface area contributed by atoms with Crippen molar-refractivity contribution in [1.29, 1.82) is 0 Å². The molecule has 7 heteroatoms. The Kier molecular flexibility index (Phi) is 4.10. The first kappa shape index (κ1) is 15.2. The van der Waals surface area contributed by atoms with Crippen molar-refractivity contribution < 1.29 is 18.0 Å². The molecule has 1 aliphatic heterocycles. The van der Waals surface area contributed by atoms with Crippen LogP contribution in [-0.2, 0) is 6.54 Å². The second-order valence-corrected chi connectivity index (χ2v) is 5.14. The third kappa shape index (κ3) is 3.23. The van der Waals surface area contributed by atoms with E-state index in [0.717, 1.165) is 11.8 Å². The van der Waals surface area contributed by atoms with Gasteiger partial charge in [0.05, 0.1) is 0 Å². The lowest BCUT2D eigenvalue weighted by molar-refractivity contribution is 0.252.